The Balaban J connectivity index is 1.47. The minimum Gasteiger partial charge on any atom is -0.484 e. The molecule has 33 heavy (non-hydrogen) atoms. The van der Waals surface area contributed by atoms with Gasteiger partial charge in [0.05, 0.1) is 5.56 Å². The van der Waals surface area contributed by atoms with Crippen LogP contribution in [0.1, 0.15) is 32.6 Å². The molecule has 0 aliphatic heterocycles. The van der Waals surface area contributed by atoms with Crippen LogP contribution in [0.3, 0.4) is 0 Å². The summed E-state index contributed by atoms with van der Waals surface area (Å²) < 4.78 is 43.2. The fourth-order valence-corrected chi connectivity index (χ4v) is 3.00. The van der Waals surface area contributed by atoms with Gasteiger partial charge in [0.2, 0.25) is 0 Å². The largest absolute Gasteiger partial charge is 0.484 e. The van der Waals surface area contributed by atoms with Crippen LogP contribution in [0.15, 0.2) is 66.7 Å². The third kappa shape index (κ3) is 6.58. The topological polar surface area (TPSA) is 67.4 Å². The summed E-state index contributed by atoms with van der Waals surface area (Å²) in [4.78, 5) is 24.4. The van der Waals surface area contributed by atoms with E-state index >= 15 is 0 Å². The second-order valence-corrected chi connectivity index (χ2v) is 7.49. The van der Waals surface area contributed by atoms with Crippen molar-refractivity contribution in [2.45, 2.75) is 26.6 Å². The van der Waals surface area contributed by atoms with Gasteiger partial charge in [-0.05, 0) is 73.0 Å². The molecule has 3 aromatic carbocycles. The van der Waals surface area contributed by atoms with E-state index < -0.39 is 17.6 Å². The molecule has 0 radical (unpaired) electrons. The van der Waals surface area contributed by atoms with Crippen LogP contribution in [0, 0.1) is 13.8 Å². The van der Waals surface area contributed by atoms with E-state index in [1.54, 1.807) is 24.3 Å². The van der Waals surface area contributed by atoms with Gasteiger partial charge >= 0.3 is 6.18 Å². The lowest BCUT2D eigenvalue weighted by Gasteiger charge is -2.11. The average molecular weight is 456 g/mol. The third-order valence-corrected chi connectivity index (χ3v) is 5.11. The quantitative estimate of drug-likeness (QED) is 0.509. The minimum atomic E-state index is -4.40. The van der Waals surface area contributed by atoms with Gasteiger partial charge in [0.1, 0.15) is 5.75 Å². The molecule has 0 saturated carbocycles. The number of carbonyl (C=O) groups excluding carboxylic acids is 2. The standard InChI is InChI=1S/C25H23F3N2O3/c1-16-4-3-5-22(17(16)2)30-24(32)19-8-12-21(13-9-19)33-15-23(31)29-14-18-6-10-20(11-7-18)25(26,27)28/h3-13H,14-15H2,1-2H3,(H,29,31)(H,30,32). The molecule has 0 aliphatic carbocycles. The van der Waals surface area contributed by atoms with Crippen molar-refractivity contribution in [1.29, 1.82) is 0 Å². The van der Waals surface area contributed by atoms with Crippen LogP contribution in [0.25, 0.3) is 0 Å². The first-order valence-corrected chi connectivity index (χ1v) is 10.2. The van der Waals surface area contributed by atoms with Crippen LogP contribution < -0.4 is 15.4 Å². The Morgan fingerprint density at radius 1 is 0.909 bits per heavy atom. The van der Waals surface area contributed by atoms with E-state index in [9.17, 15) is 22.8 Å². The number of carbonyl (C=O) groups is 2. The summed E-state index contributed by atoms with van der Waals surface area (Å²) >= 11 is 0. The van der Waals surface area contributed by atoms with Gasteiger partial charge in [0, 0.05) is 17.8 Å². The Labute approximate surface area is 189 Å². The number of nitrogens with one attached hydrogen (secondary N) is 2. The highest BCUT2D eigenvalue weighted by Crippen LogP contribution is 2.29. The van der Waals surface area contributed by atoms with E-state index in [4.69, 9.17) is 4.74 Å². The van der Waals surface area contributed by atoms with Crippen molar-refractivity contribution >= 4 is 17.5 Å². The van der Waals surface area contributed by atoms with Crippen LogP contribution in [0.2, 0.25) is 0 Å². The minimum absolute atomic E-state index is 0.0812. The molecule has 8 heteroatoms. The lowest BCUT2D eigenvalue weighted by molar-refractivity contribution is -0.137. The Morgan fingerprint density at radius 3 is 2.21 bits per heavy atom. The predicted molar refractivity (Wildman–Crippen MR) is 119 cm³/mol. The normalized spacial score (nSPS) is 11.1. The lowest BCUT2D eigenvalue weighted by Crippen LogP contribution is -2.28. The van der Waals surface area contributed by atoms with Gasteiger partial charge in [-0.3, -0.25) is 9.59 Å². The SMILES string of the molecule is Cc1cccc(NC(=O)c2ccc(OCC(=O)NCc3ccc(C(F)(F)F)cc3)cc2)c1C. The summed E-state index contributed by atoms with van der Waals surface area (Å²) in [5.74, 6) is -0.279. The van der Waals surface area contributed by atoms with Gasteiger partial charge in [-0.1, -0.05) is 24.3 Å². The monoisotopic (exact) mass is 456 g/mol. The number of hydrogen-bond acceptors (Lipinski definition) is 3. The van der Waals surface area contributed by atoms with E-state index in [0.29, 0.717) is 16.9 Å². The van der Waals surface area contributed by atoms with Crippen molar-refractivity contribution < 1.29 is 27.5 Å². The zero-order valence-electron chi connectivity index (χ0n) is 18.1. The first-order chi connectivity index (χ1) is 15.6. The van der Waals surface area contributed by atoms with Gasteiger partial charge < -0.3 is 15.4 Å². The lowest BCUT2D eigenvalue weighted by atomic mass is 10.1. The molecule has 0 saturated heterocycles. The molecule has 0 aliphatic rings. The molecule has 0 atom stereocenters. The zero-order valence-corrected chi connectivity index (χ0v) is 18.1. The summed E-state index contributed by atoms with van der Waals surface area (Å²) in [6.07, 6.45) is -4.40. The van der Waals surface area contributed by atoms with Crippen LogP contribution in [0.4, 0.5) is 18.9 Å². The van der Waals surface area contributed by atoms with Crippen molar-refractivity contribution in [3.63, 3.8) is 0 Å². The summed E-state index contributed by atoms with van der Waals surface area (Å²) in [6, 6.07) is 16.6. The molecular formula is C25H23F3N2O3. The van der Waals surface area contributed by atoms with Crippen LogP contribution in [0.5, 0.6) is 5.75 Å². The van der Waals surface area contributed by atoms with E-state index in [1.165, 1.54) is 12.1 Å². The fraction of sp³-hybridized carbons (Fsp3) is 0.200. The molecule has 0 unspecified atom stereocenters. The third-order valence-electron chi connectivity index (χ3n) is 5.11. The first-order valence-electron chi connectivity index (χ1n) is 10.2. The molecule has 0 bridgehead atoms. The number of alkyl halides is 3. The molecule has 5 nitrogen and oxygen atoms in total. The smallest absolute Gasteiger partial charge is 0.416 e. The fourth-order valence-electron chi connectivity index (χ4n) is 3.00. The number of ether oxygens (including phenoxy) is 1. The van der Waals surface area contributed by atoms with Gasteiger partial charge in [-0.25, -0.2) is 0 Å². The Morgan fingerprint density at radius 2 is 1.58 bits per heavy atom. The number of anilines is 1. The summed E-state index contributed by atoms with van der Waals surface area (Å²) in [5, 5.41) is 5.46. The van der Waals surface area contributed by atoms with Crippen molar-refractivity contribution in [2.75, 3.05) is 11.9 Å². The molecule has 2 amide bonds. The summed E-state index contributed by atoms with van der Waals surface area (Å²) in [6.45, 7) is 3.72. The number of aryl methyl sites for hydroxylation is 1. The predicted octanol–water partition coefficient (Wildman–Crippen LogP) is 5.27. The van der Waals surface area contributed by atoms with E-state index in [2.05, 4.69) is 10.6 Å². The molecule has 0 spiro atoms. The van der Waals surface area contributed by atoms with Crippen molar-refractivity contribution in [3.8, 4) is 5.75 Å². The van der Waals surface area contributed by atoms with Gasteiger partial charge in [0.25, 0.3) is 11.8 Å². The number of hydrogen-bond donors (Lipinski definition) is 2. The highest BCUT2D eigenvalue weighted by Gasteiger charge is 2.29. The maximum atomic E-state index is 12.6. The van der Waals surface area contributed by atoms with Crippen LogP contribution in [-0.4, -0.2) is 18.4 Å². The molecular weight excluding hydrogens is 433 g/mol. The van der Waals surface area contributed by atoms with Gasteiger partial charge in [0.15, 0.2) is 6.61 Å². The van der Waals surface area contributed by atoms with E-state index in [1.807, 2.05) is 32.0 Å². The van der Waals surface area contributed by atoms with Crippen molar-refractivity contribution in [2.24, 2.45) is 0 Å². The molecule has 3 rings (SSSR count). The van der Waals surface area contributed by atoms with E-state index in [-0.39, 0.29) is 19.1 Å². The molecule has 3 aromatic rings. The average Bonchev–Trinajstić information content (AvgIpc) is 2.79. The number of halogens is 3. The van der Waals surface area contributed by atoms with Crippen molar-refractivity contribution in [1.82, 2.24) is 5.32 Å². The van der Waals surface area contributed by atoms with Gasteiger partial charge in [-0.15, -0.1) is 0 Å². The van der Waals surface area contributed by atoms with Crippen LogP contribution in [-0.2, 0) is 17.5 Å². The highest BCUT2D eigenvalue weighted by atomic mass is 19.4. The number of amides is 2. The Bertz CT molecular complexity index is 1130. The second-order valence-electron chi connectivity index (χ2n) is 7.49. The number of rotatable bonds is 7. The molecule has 0 aromatic heterocycles. The van der Waals surface area contributed by atoms with E-state index in [0.717, 1.165) is 28.9 Å². The highest BCUT2D eigenvalue weighted by molar-refractivity contribution is 6.04. The molecule has 0 heterocycles. The molecule has 2 N–H and O–H groups in total. The van der Waals surface area contributed by atoms with Crippen LogP contribution >= 0.6 is 0 Å². The number of benzene rings is 3. The zero-order chi connectivity index (χ0) is 24.0. The molecule has 0 fully saturated rings. The maximum Gasteiger partial charge on any atom is 0.416 e. The first kappa shape index (κ1) is 23.8. The maximum absolute atomic E-state index is 12.6. The Hall–Kier alpha value is -3.81. The Kier molecular flexibility index (Phi) is 7.37. The second kappa shape index (κ2) is 10.2. The van der Waals surface area contributed by atoms with Crippen molar-refractivity contribution in [3.05, 3.63) is 94.5 Å². The summed E-state index contributed by atoms with van der Waals surface area (Å²) in [5.41, 5.74) is 3.05. The molecule has 172 valence electrons. The summed E-state index contributed by atoms with van der Waals surface area (Å²) in [7, 11) is 0. The van der Waals surface area contributed by atoms with Gasteiger partial charge in [-0.2, -0.15) is 13.2 Å².